The number of aliphatic hydroxyl groups is 8. The summed E-state index contributed by atoms with van der Waals surface area (Å²) in [6, 6.07) is 4.93. The van der Waals surface area contributed by atoms with Crippen molar-refractivity contribution < 1.29 is 69.3 Å². The van der Waals surface area contributed by atoms with Gasteiger partial charge in [0.05, 0.1) is 24.8 Å². The fraction of sp³-hybridized carbons (Fsp3) is 0.812. The minimum atomic E-state index is -1.64. The zero-order valence-corrected chi connectivity index (χ0v) is 28.8. The minimum Gasteiger partial charge on any atom is -0.394 e. The minimum absolute atomic E-state index is 0.0363. The number of ether oxygens (including phenoxy) is 6. The quantitative estimate of drug-likeness (QED) is 0.0833. The number of rotatable bonds is 13. The summed E-state index contributed by atoms with van der Waals surface area (Å²) < 4.78 is 35.5. The molecule has 18 N–H and O–H groups in total. The van der Waals surface area contributed by atoms with Crippen LogP contribution in [0.15, 0.2) is 30.3 Å². The van der Waals surface area contributed by atoms with Crippen LogP contribution in [0.1, 0.15) is 12.0 Å². The summed E-state index contributed by atoms with van der Waals surface area (Å²) >= 11 is 0. The van der Waals surface area contributed by atoms with Crippen LogP contribution in [0.25, 0.3) is 0 Å². The van der Waals surface area contributed by atoms with Gasteiger partial charge in [0, 0.05) is 31.6 Å². The monoisotopic (exact) mass is 748 g/mol. The van der Waals surface area contributed by atoms with Crippen molar-refractivity contribution in [1.29, 1.82) is 0 Å². The van der Waals surface area contributed by atoms with E-state index in [2.05, 4.69) is 0 Å². The maximum Gasteiger partial charge on any atom is 0.187 e. The van der Waals surface area contributed by atoms with Crippen molar-refractivity contribution in [3.63, 3.8) is 0 Å². The zero-order chi connectivity index (χ0) is 38.0. The van der Waals surface area contributed by atoms with E-state index in [1.165, 1.54) is 0 Å². The molecule has 5 rings (SSSR count). The van der Waals surface area contributed by atoms with Crippen LogP contribution in [-0.4, -0.2) is 195 Å². The van der Waals surface area contributed by atoms with E-state index < -0.39 is 129 Å². The first-order valence-electron chi connectivity index (χ1n) is 17.4. The van der Waals surface area contributed by atoms with Crippen LogP contribution in [0.2, 0.25) is 0 Å². The van der Waals surface area contributed by atoms with Gasteiger partial charge in [-0.1, -0.05) is 30.3 Å². The van der Waals surface area contributed by atoms with Crippen LogP contribution in [0.4, 0.5) is 0 Å². The van der Waals surface area contributed by atoms with Crippen molar-refractivity contribution in [2.75, 3.05) is 26.7 Å². The summed E-state index contributed by atoms with van der Waals surface area (Å²) in [5.74, 6) is 0. The van der Waals surface area contributed by atoms with E-state index >= 15 is 0 Å². The normalized spacial score (nSPS) is 46.4. The van der Waals surface area contributed by atoms with Gasteiger partial charge in [-0.2, -0.15) is 0 Å². The molecule has 20 nitrogen and oxygen atoms in total. The molecule has 52 heavy (non-hydrogen) atoms. The standard InChI is InChI=1S/C32H56N6O14/c1-38(18(40)7-12-5-3-2-4-6-12)10-16-23(43)25(45)20(37)31(48-16)50-27-14(35)8-13(34)21(41)29(27)52-32-26(46)28(17(11-39)49-32)51-30-19(36)24(44)22(42)15(9-33)47-30/h2-6,13-32,39-46H,7-11,33-37H2,1H3/t13-,14+,15+,16-,17-,18?,19-,20-,21+,22-,23-,24-,25-,26-,27-,28-,29-,30-,31-,32+/m1/s1. The van der Waals surface area contributed by atoms with Crippen molar-refractivity contribution in [3.05, 3.63) is 35.9 Å². The molecule has 1 aromatic carbocycles. The molecule has 3 aliphatic heterocycles. The summed E-state index contributed by atoms with van der Waals surface area (Å²) in [5, 5.41) is 85.8. The molecule has 1 unspecified atom stereocenters. The molecule has 298 valence electrons. The molecule has 3 saturated heterocycles. The van der Waals surface area contributed by atoms with Gasteiger partial charge in [-0.15, -0.1) is 0 Å². The first-order valence-corrected chi connectivity index (χ1v) is 17.4. The molecule has 4 aliphatic rings. The highest BCUT2D eigenvalue weighted by Gasteiger charge is 2.54. The van der Waals surface area contributed by atoms with E-state index in [4.69, 9.17) is 57.1 Å². The molecular formula is C32H56N6O14. The van der Waals surface area contributed by atoms with E-state index in [0.29, 0.717) is 0 Å². The second-order valence-corrected chi connectivity index (χ2v) is 14.1. The number of likely N-dealkylation sites (N-methyl/N-ethyl adjacent to an activating group) is 1. The molecule has 4 fully saturated rings. The van der Waals surface area contributed by atoms with Crippen LogP contribution in [0.5, 0.6) is 0 Å². The van der Waals surface area contributed by atoms with Crippen molar-refractivity contribution >= 4 is 0 Å². The number of benzene rings is 1. The maximum absolute atomic E-state index is 11.3. The van der Waals surface area contributed by atoms with Crippen LogP contribution in [-0.2, 0) is 34.8 Å². The Hall–Kier alpha value is -1.58. The second-order valence-electron chi connectivity index (χ2n) is 14.1. The van der Waals surface area contributed by atoms with E-state index in [1.807, 2.05) is 30.3 Å². The predicted molar refractivity (Wildman–Crippen MR) is 178 cm³/mol. The van der Waals surface area contributed by atoms with Gasteiger partial charge in [-0.3, -0.25) is 4.90 Å². The largest absolute Gasteiger partial charge is 0.394 e. The Kier molecular flexibility index (Phi) is 14.3. The summed E-state index contributed by atoms with van der Waals surface area (Å²) in [7, 11) is 1.62. The smallest absolute Gasteiger partial charge is 0.187 e. The van der Waals surface area contributed by atoms with Gasteiger partial charge in [0.15, 0.2) is 18.9 Å². The van der Waals surface area contributed by atoms with E-state index in [0.717, 1.165) is 5.56 Å². The van der Waals surface area contributed by atoms with Gasteiger partial charge < -0.3 is 97.9 Å². The highest BCUT2D eigenvalue weighted by Crippen LogP contribution is 2.34. The summed E-state index contributed by atoms with van der Waals surface area (Å²) in [5.41, 5.74) is 31.4. The highest BCUT2D eigenvalue weighted by molar-refractivity contribution is 5.15. The molecule has 0 aromatic heterocycles. The van der Waals surface area contributed by atoms with Crippen molar-refractivity contribution in [2.24, 2.45) is 28.7 Å². The number of nitrogens with two attached hydrogens (primary N) is 5. The first kappa shape index (κ1) is 41.6. The molecular weight excluding hydrogens is 692 g/mol. The Balaban J connectivity index is 1.28. The Bertz CT molecular complexity index is 1250. The summed E-state index contributed by atoms with van der Waals surface area (Å²) in [4.78, 5) is 1.54. The molecule has 0 amide bonds. The summed E-state index contributed by atoms with van der Waals surface area (Å²) in [6.07, 6.45) is -21.1. The van der Waals surface area contributed by atoms with Gasteiger partial charge in [0.1, 0.15) is 73.4 Å². The van der Waals surface area contributed by atoms with Crippen LogP contribution in [0.3, 0.4) is 0 Å². The molecule has 1 aliphatic carbocycles. The lowest BCUT2D eigenvalue weighted by atomic mass is 9.84. The van der Waals surface area contributed by atoms with Crippen molar-refractivity contribution in [3.8, 4) is 0 Å². The fourth-order valence-corrected chi connectivity index (χ4v) is 7.09. The Labute approximate surface area is 300 Å². The molecule has 0 bridgehead atoms. The Morgan fingerprint density at radius 1 is 0.692 bits per heavy atom. The number of hydrogen-bond acceptors (Lipinski definition) is 20. The van der Waals surface area contributed by atoms with E-state index in [9.17, 15) is 40.9 Å². The van der Waals surface area contributed by atoms with Crippen molar-refractivity contribution in [1.82, 2.24) is 4.90 Å². The zero-order valence-electron chi connectivity index (χ0n) is 28.8. The fourth-order valence-electron chi connectivity index (χ4n) is 7.09. The lowest BCUT2D eigenvalue weighted by molar-refractivity contribution is -0.310. The topological polar surface area (TPSA) is 351 Å². The molecule has 1 saturated carbocycles. The number of aliphatic hydroxyl groups excluding tert-OH is 8. The molecule has 20 heteroatoms. The Morgan fingerprint density at radius 3 is 1.83 bits per heavy atom. The average molecular weight is 749 g/mol. The van der Waals surface area contributed by atoms with Gasteiger partial charge >= 0.3 is 0 Å². The average Bonchev–Trinajstić information content (AvgIpc) is 3.42. The van der Waals surface area contributed by atoms with Gasteiger partial charge in [-0.25, -0.2) is 0 Å². The van der Waals surface area contributed by atoms with E-state index in [1.54, 1.807) is 11.9 Å². The van der Waals surface area contributed by atoms with Crippen LogP contribution >= 0.6 is 0 Å². The molecule has 1 aromatic rings. The van der Waals surface area contributed by atoms with Gasteiger partial charge in [0.2, 0.25) is 0 Å². The SMILES string of the molecule is CN(C[C@H]1O[C@H](O[C@H]2[C@H](O[C@@H]3O[C@H](CO)[C@@H](O[C@H]4O[C@@H](CN)[C@@H](O)[C@H](O)[C@H]4N)[C@H]3O)[C@@H](O)[C@H](N)C[C@@H]2N)[C@H](N)[C@@H](O)[C@@H]1O)C(O)Cc1ccccc1. The first-order chi connectivity index (χ1) is 24.7. The lowest BCUT2D eigenvalue weighted by Gasteiger charge is -2.47. The summed E-state index contributed by atoms with van der Waals surface area (Å²) in [6.45, 7) is -0.878. The van der Waals surface area contributed by atoms with E-state index in [-0.39, 0.29) is 25.9 Å². The van der Waals surface area contributed by atoms with Crippen molar-refractivity contribution in [2.45, 2.75) is 135 Å². The molecule has 3 heterocycles. The Morgan fingerprint density at radius 2 is 1.23 bits per heavy atom. The highest BCUT2D eigenvalue weighted by atomic mass is 16.8. The lowest BCUT2D eigenvalue weighted by Crippen LogP contribution is -2.68. The molecule has 0 radical (unpaired) electrons. The number of nitrogens with zero attached hydrogens (tertiary/aromatic N) is 1. The third-order valence-electron chi connectivity index (χ3n) is 10.4. The van der Waals surface area contributed by atoms with Crippen LogP contribution < -0.4 is 28.7 Å². The predicted octanol–water partition coefficient (Wildman–Crippen LogP) is -7.36. The molecule has 20 atom stereocenters. The molecule has 0 spiro atoms. The van der Waals surface area contributed by atoms with Gasteiger partial charge in [-0.05, 0) is 19.0 Å². The third kappa shape index (κ3) is 8.93. The maximum atomic E-state index is 11.3. The van der Waals surface area contributed by atoms with Gasteiger partial charge in [0.25, 0.3) is 0 Å². The van der Waals surface area contributed by atoms with Crippen LogP contribution in [0, 0.1) is 0 Å². The second kappa shape index (κ2) is 17.9. The third-order valence-corrected chi connectivity index (χ3v) is 10.4. The number of hydrogen-bond donors (Lipinski definition) is 13.